The molecule has 0 radical (unpaired) electrons. The van der Waals surface area contributed by atoms with Gasteiger partial charge in [-0.2, -0.15) is 5.10 Å². The maximum Gasteiger partial charge on any atom is 0.0537 e. The van der Waals surface area contributed by atoms with Crippen molar-refractivity contribution in [1.29, 1.82) is 0 Å². The molecule has 2 N–H and O–H groups in total. The number of nitrogens with zero attached hydrogens (tertiary/aromatic N) is 3. The highest BCUT2D eigenvalue weighted by atomic mass is 15.3. The molecule has 4 nitrogen and oxygen atoms in total. The van der Waals surface area contributed by atoms with Gasteiger partial charge in [-0.1, -0.05) is 6.92 Å². The third-order valence-corrected chi connectivity index (χ3v) is 3.74. The third kappa shape index (κ3) is 2.69. The minimum Gasteiger partial charge on any atom is -0.330 e. The number of rotatable bonds is 4. The van der Waals surface area contributed by atoms with Crippen LogP contribution in [-0.4, -0.2) is 34.3 Å². The van der Waals surface area contributed by atoms with Gasteiger partial charge in [0.1, 0.15) is 0 Å². The molecule has 1 saturated heterocycles. The standard InChI is InChI=1S/C13H24N4/c1-3-6-17-7-4-5-11(8-14)13(17)12-9-15-16(2)10-12/h9-11,13H,3-8,14H2,1-2H3. The van der Waals surface area contributed by atoms with Gasteiger partial charge in [-0.15, -0.1) is 0 Å². The van der Waals surface area contributed by atoms with E-state index < -0.39 is 0 Å². The quantitative estimate of drug-likeness (QED) is 0.862. The molecule has 0 amide bonds. The van der Waals surface area contributed by atoms with E-state index in [9.17, 15) is 0 Å². The first-order valence-corrected chi connectivity index (χ1v) is 6.69. The van der Waals surface area contributed by atoms with Crippen molar-refractivity contribution in [2.75, 3.05) is 19.6 Å². The Kier molecular flexibility index (Phi) is 4.18. The lowest BCUT2D eigenvalue weighted by Crippen LogP contribution is -2.41. The second-order valence-corrected chi connectivity index (χ2v) is 5.07. The monoisotopic (exact) mass is 236 g/mol. The second kappa shape index (κ2) is 5.65. The number of piperidine rings is 1. The molecule has 2 unspecified atom stereocenters. The van der Waals surface area contributed by atoms with Gasteiger partial charge in [-0.25, -0.2) is 0 Å². The summed E-state index contributed by atoms with van der Waals surface area (Å²) in [6, 6.07) is 0.474. The van der Waals surface area contributed by atoms with E-state index in [0.29, 0.717) is 12.0 Å². The molecule has 96 valence electrons. The van der Waals surface area contributed by atoms with Crippen LogP contribution in [0.25, 0.3) is 0 Å². The van der Waals surface area contributed by atoms with Crippen LogP contribution in [0.1, 0.15) is 37.8 Å². The van der Waals surface area contributed by atoms with Crippen LogP contribution >= 0.6 is 0 Å². The highest BCUT2D eigenvalue weighted by Gasteiger charge is 2.31. The smallest absolute Gasteiger partial charge is 0.0537 e. The zero-order valence-corrected chi connectivity index (χ0v) is 11.0. The molecule has 17 heavy (non-hydrogen) atoms. The molecule has 1 aliphatic rings. The number of nitrogens with two attached hydrogens (primary N) is 1. The van der Waals surface area contributed by atoms with Gasteiger partial charge in [0.25, 0.3) is 0 Å². The van der Waals surface area contributed by atoms with Gasteiger partial charge >= 0.3 is 0 Å². The van der Waals surface area contributed by atoms with Crippen molar-refractivity contribution in [1.82, 2.24) is 14.7 Å². The van der Waals surface area contributed by atoms with Gasteiger partial charge in [0.2, 0.25) is 0 Å². The molecule has 2 heterocycles. The van der Waals surface area contributed by atoms with Gasteiger partial charge < -0.3 is 5.73 Å². The molecule has 0 bridgehead atoms. The molecule has 2 atom stereocenters. The van der Waals surface area contributed by atoms with Crippen LogP contribution in [-0.2, 0) is 7.05 Å². The molecular weight excluding hydrogens is 212 g/mol. The van der Waals surface area contributed by atoms with E-state index in [1.165, 1.54) is 31.4 Å². The molecule has 0 saturated carbocycles. The summed E-state index contributed by atoms with van der Waals surface area (Å²) in [5, 5.41) is 4.30. The minimum atomic E-state index is 0.474. The Morgan fingerprint density at radius 2 is 2.35 bits per heavy atom. The van der Waals surface area contributed by atoms with Crippen molar-refractivity contribution in [3.8, 4) is 0 Å². The van der Waals surface area contributed by atoms with E-state index >= 15 is 0 Å². The maximum atomic E-state index is 5.94. The number of likely N-dealkylation sites (tertiary alicyclic amines) is 1. The van der Waals surface area contributed by atoms with Crippen LogP contribution in [0.3, 0.4) is 0 Å². The fourth-order valence-corrected chi connectivity index (χ4v) is 3.01. The van der Waals surface area contributed by atoms with Crippen molar-refractivity contribution < 1.29 is 0 Å². The Morgan fingerprint density at radius 1 is 1.53 bits per heavy atom. The molecule has 1 fully saturated rings. The summed E-state index contributed by atoms with van der Waals surface area (Å²) in [5.74, 6) is 0.583. The van der Waals surface area contributed by atoms with Gasteiger partial charge in [0, 0.05) is 24.8 Å². The van der Waals surface area contributed by atoms with E-state index in [2.05, 4.69) is 23.1 Å². The SMILES string of the molecule is CCCN1CCCC(CN)C1c1cnn(C)c1. The van der Waals surface area contributed by atoms with Crippen molar-refractivity contribution in [3.63, 3.8) is 0 Å². The van der Waals surface area contributed by atoms with Crippen molar-refractivity contribution in [3.05, 3.63) is 18.0 Å². The zero-order chi connectivity index (χ0) is 12.3. The minimum absolute atomic E-state index is 0.474. The van der Waals surface area contributed by atoms with E-state index in [1.807, 2.05) is 17.9 Å². The molecule has 0 aliphatic carbocycles. The highest BCUT2D eigenvalue weighted by Crippen LogP contribution is 2.35. The maximum absolute atomic E-state index is 5.94. The molecule has 1 aromatic rings. The first-order chi connectivity index (χ1) is 8.26. The second-order valence-electron chi connectivity index (χ2n) is 5.07. The van der Waals surface area contributed by atoms with Gasteiger partial charge in [0.05, 0.1) is 6.20 Å². The summed E-state index contributed by atoms with van der Waals surface area (Å²) < 4.78 is 1.89. The lowest BCUT2D eigenvalue weighted by Gasteiger charge is -2.40. The normalized spacial score (nSPS) is 26.3. The van der Waals surface area contributed by atoms with Gasteiger partial charge in [-0.05, 0) is 44.8 Å². The topological polar surface area (TPSA) is 47.1 Å². The Hall–Kier alpha value is -0.870. The highest BCUT2D eigenvalue weighted by molar-refractivity contribution is 5.13. The van der Waals surface area contributed by atoms with Crippen LogP contribution in [0.2, 0.25) is 0 Å². The molecule has 2 rings (SSSR count). The van der Waals surface area contributed by atoms with E-state index in [4.69, 9.17) is 5.73 Å². The predicted octanol–water partition coefficient (Wildman–Crippen LogP) is 1.54. The number of aromatic nitrogens is 2. The fraction of sp³-hybridized carbons (Fsp3) is 0.769. The summed E-state index contributed by atoms with van der Waals surface area (Å²) in [6.07, 6.45) is 7.87. The lowest BCUT2D eigenvalue weighted by molar-refractivity contribution is 0.0960. The summed E-state index contributed by atoms with van der Waals surface area (Å²) in [5.41, 5.74) is 7.27. The Bertz CT molecular complexity index is 345. The Labute approximate surface area is 104 Å². The van der Waals surface area contributed by atoms with Crippen molar-refractivity contribution in [2.45, 2.75) is 32.2 Å². The summed E-state index contributed by atoms with van der Waals surface area (Å²) >= 11 is 0. The average molecular weight is 236 g/mol. The average Bonchev–Trinajstić information content (AvgIpc) is 2.75. The van der Waals surface area contributed by atoms with Crippen molar-refractivity contribution in [2.24, 2.45) is 18.7 Å². The van der Waals surface area contributed by atoms with Crippen LogP contribution in [0.15, 0.2) is 12.4 Å². The molecule has 1 aliphatic heterocycles. The number of aryl methyl sites for hydroxylation is 1. The van der Waals surface area contributed by atoms with E-state index in [-0.39, 0.29) is 0 Å². The summed E-state index contributed by atoms with van der Waals surface area (Å²) in [7, 11) is 1.98. The van der Waals surface area contributed by atoms with Crippen molar-refractivity contribution >= 4 is 0 Å². The first kappa shape index (κ1) is 12.6. The summed E-state index contributed by atoms with van der Waals surface area (Å²) in [6.45, 7) is 5.38. The summed E-state index contributed by atoms with van der Waals surface area (Å²) in [4.78, 5) is 2.58. The van der Waals surface area contributed by atoms with Gasteiger partial charge in [0.15, 0.2) is 0 Å². The fourth-order valence-electron chi connectivity index (χ4n) is 3.01. The Balaban J connectivity index is 2.21. The Morgan fingerprint density at radius 3 is 2.94 bits per heavy atom. The zero-order valence-electron chi connectivity index (χ0n) is 11.0. The largest absolute Gasteiger partial charge is 0.330 e. The molecule has 4 heteroatoms. The van der Waals surface area contributed by atoms with Crippen LogP contribution in [0.4, 0.5) is 0 Å². The molecule has 1 aromatic heterocycles. The van der Waals surface area contributed by atoms with Crippen LogP contribution in [0, 0.1) is 5.92 Å². The third-order valence-electron chi connectivity index (χ3n) is 3.74. The molecular formula is C13H24N4. The van der Waals surface area contributed by atoms with E-state index in [0.717, 1.165) is 13.1 Å². The molecule has 0 spiro atoms. The number of hydrogen-bond acceptors (Lipinski definition) is 3. The predicted molar refractivity (Wildman–Crippen MR) is 69.6 cm³/mol. The number of hydrogen-bond donors (Lipinski definition) is 1. The first-order valence-electron chi connectivity index (χ1n) is 6.69. The van der Waals surface area contributed by atoms with Crippen LogP contribution in [0.5, 0.6) is 0 Å². The van der Waals surface area contributed by atoms with Crippen LogP contribution < -0.4 is 5.73 Å². The van der Waals surface area contributed by atoms with E-state index in [1.54, 1.807) is 0 Å². The van der Waals surface area contributed by atoms with Gasteiger partial charge in [-0.3, -0.25) is 9.58 Å². The molecule has 0 aromatic carbocycles. The lowest BCUT2D eigenvalue weighted by atomic mass is 9.86.